The molecule has 25 heavy (non-hydrogen) atoms. The number of hydrogen-bond acceptors (Lipinski definition) is 4. The number of rotatable bonds is 8. The van der Waals surface area contributed by atoms with Gasteiger partial charge in [0.1, 0.15) is 0 Å². The summed E-state index contributed by atoms with van der Waals surface area (Å²) in [5.74, 6) is 0.894. The van der Waals surface area contributed by atoms with Gasteiger partial charge in [0, 0.05) is 50.8 Å². The van der Waals surface area contributed by atoms with E-state index in [-0.39, 0.29) is 29.5 Å². The summed E-state index contributed by atoms with van der Waals surface area (Å²) < 4.78 is 7.48. The first-order chi connectivity index (χ1) is 11.7. The largest absolute Gasteiger partial charge is 0.381 e. The summed E-state index contributed by atoms with van der Waals surface area (Å²) in [5, 5.41) is 11.0. The van der Waals surface area contributed by atoms with Gasteiger partial charge < -0.3 is 20.3 Å². The molecule has 0 atom stereocenters. The fourth-order valence-electron chi connectivity index (χ4n) is 2.95. The topological polar surface area (TPSA) is 66.7 Å². The Morgan fingerprint density at radius 3 is 2.68 bits per heavy atom. The molecule has 0 aromatic carbocycles. The lowest BCUT2D eigenvalue weighted by Crippen LogP contribution is -2.51. The number of guanidine groups is 1. The molecular formula is C17H33IN6O. The van der Waals surface area contributed by atoms with Crippen molar-refractivity contribution in [3.63, 3.8) is 0 Å². The van der Waals surface area contributed by atoms with Gasteiger partial charge in [-0.3, -0.25) is 9.67 Å². The van der Waals surface area contributed by atoms with Crippen LogP contribution >= 0.6 is 24.0 Å². The monoisotopic (exact) mass is 464 g/mol. The minimum atomic E-state index is 0. The number of aliphatic imine (C=N–C) groups is 1. The zero-order chi connectivity index (χ0) is 17.3. The zero-order valence-corrected chi connectivity index (χ0v) is 18.0. The average molecular weight is 464 g/mol. The van der Waals surface area contributed by atoms with Gasteiger partial charge in [0.25, 0.3) is 0 Å². The van der Waals surface area contributed by atoms with Crippen LogP contribution in [0.1, 0.15) is 26.2 Å². The van der Waals surface area contributed by atoms with E-state index in [2.05, 4.69) is 41.7 Å². The van der Waals surface area contributed by atoms with Crippen molar-refractivity contribution in [1.82, 2.24) is 25.3 Å². The van der Waals surface area contributed by atoms with E-state index in [1.807, 2.05) is 23.1 Å². The standard InChI is InChI=1S/C17H32N6O.HI/c1-4-18-16(19-9-5-11-23-12-6-10-21-23)20-15-17(22(2)3)7-13-24-14-8-17;/h6,10,12H,4-5,7-9,11,13-15H2,1-3H3,(H2,18,19,20);1H. The molecule has 1 aliphatic rings. The van der Waals surface area contributed by atoms with Crippen LogP contribution in [0.2, 0.25) is 0 Å². The second-order valence-electron chi connectivity index (χ2n) is 6.48. The Kier molecular flexibility index (Phi) is 10.4. The van der Waals surface area contributed by atoms with E-state index >= 15 is 0 Å². The van der Waals surface area contributed by atoms with E-state index in [0.29, 0.717) is 0 Å². The fraction of sp³-hybridized carbons (Fsp3) is 0.765. The molecule has 144 valence electrons. The van der Waals surface area contributed by atoms with Gasteiger partial charge in [-0.25, -0.2) is 0 Å². The van der Waals surface area contributed by atoms with E-state index in [9.17, 15) is 0 Å². The Morgan fingerprint density at radius 2 is 2.08 bits per heavy atom. The second-order valence-corrected chi connectivity index (χ2v) is 6.48. The molecule has 0 amide bonds. The van der Waals surface area contributed by atoms with Crippen molar-refractivity contribution < 1.29 is 4.74 Å². The molecule has 0 unspecified atom stereocenters. The lowest BCUT2D eigenvalue weighted by molar-refractivity contribution is -0.00254. The third-order valence-corrected chi connectivity index (χ3v) is 4.66. The molecule has 1 aromatic rings. The first-order valence-corrected chi connectivity index (χ1v) is 8.91. The highest BCUT2D eigenvalue weighted by Crippen LogP contribution is 2.26. The Bertz CT molecular complexity index is 485. The molecule has 0 saturated carbocycles. The number of halogens is 1. The molecule has 1 saturated heterocycles. The van der Waals surface area contributed by atoms with E-state index in [4.69, 9.17) is 9.73 Å². The summed E-state index contributed by atoms with van der Waals surface area (Å²) in [4.78, 5) is 7.15. The molecule has 2 heterocycles. The molecule has 0 radical (unpaired) electrons. The van der Waals surface area contributed by atoms with E-state index in [1.165, 1.54) is 0 Å². The molecule has 1 aliphatic heterocycles. The van der Waals surface area contributed by atoms with Crippen LogP contribution in [-0.4, -0.2) is 73.1 Å². The minimum absolute atomic E-state index is 0. The number of aryl methyl sites for hydroxylation is 1. The summed E-state index contributed by atoms with van der Waals surface area (Å²) in [5.41, 5.74) is 0.107. The highest BCUT2D eigenvalue weighted by molar-refractivity contribution is 14.0. The SMILES string of the molecule is CCNC(=NCC1(N(C)C)CCOCC1)NCCCn1cccn1.I. The van der Waals surface area contributed by atoms with Gasteiger partial charge in [0.2, 0.25) is 0 Å². The molecular weight excluding hydrogens is 431 g/mol. The maximum Gasteiger partial charge on any atom is 0.191 e. The molecule has 0 bridgehead atoms. The van der Waals surface area contributed by atoms with Crippen LogP contribution in [-0.2, 0) is 11.3 Å². The van der Waals surface area contributed by atoms with Crippen LogP contribution in [0.5, 0.6) is 0 Å². The van der Waals surface area contributed by atoms with Gasteiger partial charge in [-0.15, -0.1) is 24.0 Å². The number of nitrogens with one attached hydrogen (secondary N) is 2. The van der Waals surface area contributed by atoms with E-state index < -0.39 is 0 Å². The lowest BCUT2D eigenvalue weighted by atomic mass is 9.89. The third-order valence-electron chi connectivity index (χ3n) is 4.66. The summed E-state index contributed by atoms with van der Waals surface area (Å²) in [6.45, 7) is 7.18. The Balaban J connectivity index is 0.00000312. The molecule has 2 N–H and O–H groups in total. The molecule has 1 fully saturated rings. The smallest absolute Gasteiger partial charge is 0.191 e. The average Bonchev–Trinajstić information content (AvgIpc) is 3.10. The van der Waals surface area contributed by atoms with Crippen LogP contribution in [0.4, 0.5) is 0 Å². The Labute approximate surface area is 168 Å². The Morgan fingerprint density at radius 1 is 1.32 bits per heavy atom. The third kappa shape index (κ3) is 7.10. The van der Waals surface area contributed by atoms with Gasteiger partial charge in [-0.2, -0.15) is 5.10 Å². The predicted octanol–water partition coefficient (Wildman–Crippen LogP) is 1.56. The number of aromatic nitrogens is 2. The molecule has 7 nitrogen and oxygen atoms in total. The number of ether oxygens (including phenoxy) is 1. The van der Waals surface area contributed by atoms with Crippen molar-refractivity contribution in [2.75, 3.05) is 46.9 Å². The highest BCUT2D eigenvalue weighted by Gasteiger charge is 2.34. The molecule has 0 spiro atoms. The number of hydrogen-bond donors (Lipinski definition) is 2. The molecule has 2 rings (SSSR count). The molecule has 0 aliphatic carbocycles. The summed E-state index contributed by atoms with van der Waals surface area (Å²) in [7, 11) is 4.29. The maximum atomic E-state index is 5.53. The van der Waals surface area contributed by atoms with Crippen molar-refractivity contribution in [3.05, 3.63) is 18.5 Å². The zero-order valence-electron chi connectivity index (χ0n) is 15.7. The summed E-state index contributed by atoms with van der Waals surface area (Å²) in [6.07, 6.45) is 6.88. The first-order valence-electron chi connectivity index (χ1n) is 8.91. The van der Waals surface area contributed by atoms with Crippen LogP contribution in [0, 0.1) is 0 Å². The van der Waals surface area contributed by atoms with Crippen LogP contribution in [0.15, 0.2) is 23.5 Å². The van der Waals surface area contributed by atoms with Crippen molar-refractivity contribution in [2.45, 2.75) is 38.3 Å². The minimum Gasteiger partial charge on any atom is -0.381 e. The first kappa shape index (κ1) is 22.2. The van der Waals surface area contributed by atoms with Gasteiger partial charge in [0.15, 0.2) is 5.96 Å². The lowest BCUT2D eigenvalue weighted by Gasteiger charge is -2.41. The number of nitrogens with zero attached hydrogens (tertiary/aromatic N) is 4. The molecule has 8 heteroatoms. The van der Waals surface area contributed by atoms with Gasteiger partial charge in [0.05, 0.1) is 6.54 Å². The molecule has 1 aromatic heterocycles. The van der Waals surface area contributed by atoms with Gasteiger partial charge in [-0.1, -0.05) is 0 Å². The van der Waals surface area contributed by atoms with Crippen molar-refractivity contribution in [2.24, 2.45) is 4.99 Å². The fourth-order valence-corrected chi connectivity index (χ4v) is 2.95. The van der Waals surface area contributed by atoms with Crippen LogP contribution in [0.3, 0.4) is 0 Å². The highest BCUT2D eigenvalue weighted by atomic mass is 127. The summed E-state index contributed by atoms with van der Waals surface area (Å²) >= 11 is 0. The van der Waals surface area contributed by atoms with Gasteiger partial charge >= 0.3 is 0 Å². The van der Waals surface area contributed by atoms with E-state index in [0.717, 1.165) is 64.6 Å². The van der Waals surface area contributed by atoms with E-state index in [1.54, 1.807) is 0 Å². The van der Waals surface area contributed by atoms with Gasteiger partial charge in [-0.05, 0) is 46.3 Å². The second kappa shape index (κ2) is 11.7. The number of likely N-dealkylation sites (N-methyl/N-ethyl adjacent to an activating group) is 1. The quantitative estimate of drug-likeness (QED) is 0.265. The predicted molar refractivity (Wildman–Crippen MR) is 113 cm³/mol. The Hall–Kier alpha value is -0.870. The maximum absolute atomic E-state index is 5.53. The summed E-state index contributed by atoms with van der Waals surface area (Å²) in [6, 6.07) is 1.95. The van der Waals surface area contributed by atoms with Crippen LogP contribution < -0.4 is 10.6 Å². The van der Waals surface area contributed by atoms with Crippen LogP contribution in [0.25, 0.3) is 0 Å². The normalized spacial score (nSPS) is 17.2. The van der Waals surface area contributed by atoms with Crippen molar-refractivity contribution >= 4 is 29.9 Å². The van der Waals surface area contributed by atoms with Crippen molar-refractivity contribution in [1.29, 1.82) is 0 Å². The van der Waals surface area contributed by atoms with Crippen molar-refractivity contribution in [3.8, 4) is 0 Å².